The van der Waals surface area contributed by atoms with Gasteiger partial charge in [0, 0.05) is 19.4 Å². The van der Waals surface area contributed by atoms with Crippen LogP contribution in [-0.2, 0) is 14.4 Å². The number of rotatable bonds is 8. The third-order valence-corrected chi connectivity index (χ3v) is 2.32. The highest BCUT2D eigenvalue weighted by atomic mass is 19.4. The van der Waals surface area contributed by atoms with Gasteiger partial charge >= 0.3 is 18.1 Å². The van der Waals surface area contributed by atoms with Crippen molar-refractivity contribution in [3.63, 3.8) is 0 Å². The maximum Gasteiger partial charge on any atom is 0.490 e. The van der Waals surface area contributed by atoms with Gasteiger partial charge in [-0.2, -0.15) is 13.2 Å². The zero-order valence-electron chi connectivity index (χ0n) is 12.2. The molecule has 0 aromatic carbocycles. The molecule has 132 valence electrons. The second-order valence-electron chi connectivity index (χ2n) is 4.30. The Hall–Kier alpha value is -2.28. The number of hydrogen-bond donors (Lipinski definition) is 4. The van der Waals surface area contributed by atoms with Gasteiger partial charge in [-0.3, -0.25) is 9.59 Å². The van der Waals surface area contributed by atoms with Gasteiger partial charge in [0.15, 0.2) is 0 Å². The lowest BCUT2D eigenvalue weighted by molar-refractivity contribution is -0.192. The Morgan fingerprint density at radius 1 is 1.22 bits per heavy atom. The highest BCUT2D eigenvalue weighted by Crippen LogP contribution is 2.13. The molecule has 0 aliphatic heterocycles. The molecule has 10 heteroatoms. The first-order valence-electron chi connectivity index (χ1n) is 6.51. The summed E-state index contributed by atoms with van der Waals surface area (Å²) < 4.78 is 31.7. The molecule has 0 aromatic heterocycles. The second kappa shape index (κ2) is 12.3. The number of amides is 1. The number of carbonyl (C=O) groups excluding carboxylic acids is 1. The minimum absolute atomic E-state index is 0.0690. The van der Waals surface area contributed by atoms with Gasteiger partial charge in [-0.25, -0.2) is 4.79 Å². The topological polar surface area (TPSA) is 130 Å². The fourth-order valence-corrected chi connectivity index (χ4v) is 1.11. The molecule has 7 nitrogen and oxygen atoms in total. The molecule has 0 rings (SSSR count). The fraction of sp³-hybridized carbons (Fsp3) is 0.615. The smallest absolute Gasteiger partial charge is 0.480 e. The number of halogens is 3. The number of terminal acetylenes is 1. The number of nitrogens with two attached hydrogens (primary N) is 1. The Morgan fingerprint density at radius 2 is 1.74 bits per heavy atom. The Kier molecular flexibility index (Phi) is 12.3. The van der Waals surface area contributed by atoms with Crippen LogP contribution in [0.15, 0.2) is 0 Å². The molecule has 0 heterocycles. The summed E-state index contributed by atoms with van der Waals surface area (Å²) in [6, 6.07) is -0.808. The average Bonchev–Trinajstić information content (AvgIpc) is 2.43. The number of alkyl halides is 3. The van der Waals surface area contributed by atoms with Crippen LogP contribution in [0.4, 0.5) is 13.2 Å². The van der Waals surface area contributed by atoms with Gasteiger partial charge in [0.05, 0.1) is 0 Å². The number of carbonyl (C=O) groups is 3. The molecule has 0 spiro atoms. The molecule has 0 saturated carbocycles. The van der Waals surface area contributed by atoms with E-state index in [2.05, 4.69) is 11.2 Å². The summed E-state index contributed by atoms with van der Waals surface area (Å²) in [6.45, 7) is 0.537. The predicted molar refractivity (Wildman–Crippen MR) is 74.2 cm³/mol. The van der Waals surface area contributed by atoms with Gasteiger partial charge in [-0.1, -0.05) is 0 Å². The van der Waals surface area contributed by atoms with Gasteiger partial charge in [0.2, 0.25) is 5.91 Å². The van der Waals surface area contributed by atoms with Gasteiger partial charge in [0.1, 0.15) is 6.04 Å². The number of carboxylic acids is 2. The molecule has 1 atom stereocenters. The van der Waals surface area contributed by atoms with Crippen molar-refractivity contribution in [1.29, 1.82) is 0 Å². The molecular formula is C13H19F3N2O5. The van der Waals surface area contributed by atoms with Crippen LogP contribution in [0.5, 0.6) is 0 Å². The minimum Gasteiger partial charge on any atom is -0.480 e. The Bertz CT molecular complexity index is 432. The van der Waals surface area contributed by atoms with Crippen LogP contribution < -0.4 is 11.1 Å². The lowest BCUT2D eigenvalue weighted by Crippen LogP contribution is -2.30. The van der Waals surface area contributed by atoms with Crippen LogP contribution in [0.1, 0.15) is 32.1 Å². The van der Waals surface area contributed by atoms with Crippen molar-refractivity contribution in [1.82, 2.24) is 5.32 Å². The third-order valence-electron chi connectivity index (χ3n) is 2.32. The lowest BCUT2D eigenvalue weighted by Gasteiger charge is -2.06. The molecule has 0 aromatic rings. The van der Waals surface area contributed by atoms with E-state index >= 15 is 0 Å². The predicted octanol–water partition coefficient (Wildman–Crippen LogP) is 0.732. The van der Waals surface area contributed by atoms with Crippen LogP contribution in [0, 0.1) is 12.3 Å². The SMILES string of the molecule is C#CCCC(=O)NCCCC[C@H](N)C(=O)O.O=C(O)C(F)(F)F. The summed E-state index contributed by atoms with van der Waals surface area (Å²) in [5, 5.41) is 18.3. The summed E-state index contributed by atoms with van der Waals surface area (Å²) in [4.78, 5) is 30.4. The van der Waals surface area contributed by atoms with Crippen LogP contribution in [0.3, 0.4) is 0 Å². The molecule has 5 N–H and O–H groups in total. The molecule has 0 aliphatic rings. The second-order valence-corrected chi connectivity index (χ2v) is 4.30. The van der Waals surface area contributed by atoms with Gasteiger partial charge < -0.3 is 21.3 Å². The summed E-state index contributed by atoms with van der Waals surface area (Å²) in [5.74, 6) is -1.43. The van der Waals surface area contributed by atoms with Gasteiger partial charge in [-0.15, -0.1) is 12.3 Å². The standard InChI is InChI=1S/C11H18N2O3.C2HF3O2/c1-2-3-7-10(14)13-8-5-4-6-9(12)11(15)16;3-2(4,5)1(6)7/h1,9H,3-8,12H2,(H,13,14)(H,15,16);(H,6,7)/t9-;/m0./s1. The molecular weight excluding hydrogens is 321 g/mol. The number of unbranched alkanes of at least 4 members (excludes halogenated alkanes) is 1. The molecule has 0 radical (unpaired) electrons. The van der Waals surface area contributed by atoms with Crippen molar-refractivity contribution in [3.05, 3.63) is 0 Å². The van der Waals surface area contributed by atoms with E-state index in [1.165, 1.54) is 0 Å². The van der Waals surface area contributed by atoms with E-state index < -0.39 is 24.2 Å². The van der Waals surface area contributed by atoms with Crippen molar-refractivity contribution < 1.29 is 37.8 Å². The first-order valence-corrected chi connectivity index (χ1v) is 6.51. The monoisotopic (exact) mass is 340 g/mol. The molecule has 0 aliphatic carbocycles. The Balaban J connectivity index is 0. The number of carboxylic acid groups (broad SMARTS) is 2. The highest BCUT2D eigenvalue weighted by molar-refractivity contribution is 5.76. The van der Waals surface area contributed by atoms with E-state index in [0.717, 1.165) is 6.42 Å². The molecule has 0 fully saturated rings. The largest absolute Gasteiger partial charge is 0.490 e. The molecule has 1 amide bonds. The quantitative estimate of drug-likeness (QED) is 0.381. The number of hydrogen-bond acceptors (Lipinski definition) is 4. The van der Waals surface area contributed by atoms with Crippen LogP contribution in [0.2, 0.25) is 0 Å². The average molecular weight is 340 g/mol. The number of nitrogens with one attached hydrogen (secondary N) is 1. The normalized spacial score (nSPS) is 11.4. The van der Waals surface area contributed by atoms with Crippen molar-refractivity contribution in [2.45, 2.75) is 44.3 Å². The Labute approximate surface area is 131 Å². The van der Waals surface area contributed by atoms with Crippen molar-refractivity contribution in [2.24, 2.45) is 5.73 Å². The van der Waals surface area contributed by atoms with Crippen LogP contribution in [0.25, 0.3) is 0 Å². The third kappa shape index (κ3) is 15.9. The molecule has 0 saturated heterocycles. The summed E-state index contributed by atoms with van der Waals surface area (Å²) in [6.07, 6.45) is 2.55. The van der Waals surface area contributed by atoms with E-state index in [1.807, 2.05) is 0 Å². The summed E-state index contributed by atoms with van der Waals surface area (Å²) in [7, 11) is 0. The zero-order chi connectivity index (χ0) is 18.5. The van der Waals surface area contributed by atoms with Crippen molar-refractivity contribution >= 4 is 17.8 Å². The Morgan fingerprint density at radius 3 is 2.13 bits per heavy atom. The molecule has 0 unspecified atom stereocenters. The van der Waals surface area contributed by atoms with Crippen molar-refractivity contribution in [2.75, 3.05) is 6.54 Å². The maximum atomic E-state index is 11.1. The van der Waals surface area contributed by atoms with Crippen molar-refractivity contribution in [3.8, 4) is 12.3 Å². The van der Waals surface area contributed by atoms with E-state index in [9.17, 15) is 22.8 Å². The van der Waals surface area contributed by atoms with E-state index in [0.29, 0.717) is 32.2 Å². The zero-order valence-corrected chi connectivity index (χ0v) is 12.2. The van der Waals surface area contributed by atoms with E-state index in [-0.39, 0.29) is 5.91 Å². The van der Waals surface area contributed by atoms with E-state index in [1.54, 1.807) is 0 Å². The summed E-state index contributed by atoms with van der Waals surface area (Å²) in [5.41, 5.74) is 5.32. The van der Waals surface area contributed by atoms with Crippen LogP contribution >= 0.6 is 0 Å². The lowest BCUT2D eigenvalue weighted by atomic mass is 10.1. The first-order chi connectivity index (χ1) is 10.5. The molecule has 23 heavy (non-hydrogen) atoms. The number of aliphatic carboxylic acids is 2. The summed E-state index contributed by atoms with van der Waals surface area (Å²) >= 11 is 0. The van der Waals surface area contributed by atoms with E-state index in [4.69, 9.17) is 27.2 Å². The molecule has 0 bridgehead atoms. The fourth-order valence-electron chi connectivity index (χ4n) is 1.11. The maximum absolute atomic E-state index is 11.1. The van der Waals surface area contributed by atoms with Gasteiger partial charge in [-0.05, 0) is 19.3 Å². The first kappa shape index (κ1) is 23.0. The minimum atomic E-state index is -5.08. The van der Waals surface area contributed by atoms with Crippen LogP contribution in [-0.4, -0.2) is 46.8 Å². The highest BCUT2D eigenvalue weighted by Gasteiger charge is 2.38. The van der Waals surface area contributed by atoms with Gasteiger partial charge in [0.25, 0.3) is 0 Å².